The highest BCUT2D eigenvalue weighted by atomic mass is 32.2. The molecule has 0 bridgehead atoms. The fourth-order valence-electron chi connectivity index (χ4n) is 0.949. The Morgan fingerprint density at radius 2 is 1.71 bits per heavy atom. The Hall–Kier alpha value is -1.09. The lowest BCUT2D eigenvalue weighted by Crippen LogP contribution is -1.96. The molecule has 1 aromatic carbocycles. The summed E-state index contributed by atoms with van der Waals surface area (Å²) in [5.41, 5.74) is 0. The van der Waals surface area contributed by atoms with Crippen LogP contribution in [0.15, 0.2) is 46.7 Å². The highest BCUT2D eigenvalue weighted by Gasteiger charge is 2.08. The van der Waals surface area contributed by atoms with Gasteiger partial charge in [-0.3, -0.25) is 0 Å². The molecule has 1 aromatic rings. The van der Waals surface area contributed by atoms with E-state index < -0.39 is 9.84 Å². The van der Waals surface area contributed by atoms with Crippen LogP contribution in [0.2, 0.25) is 0 Å². The third-order valence-electron chi connectivity index (χ3n) is 1.71. The van der Waals surface area contributed by atoms with E-state index in [0.29, 0.717) is 4.90 Å². The minimum Gasteiger partial charge on any atom is -0.219 e. The number of hydrogen-bond acceptors (Lipinski definition) is 2. The van der Waals surface area contributed by atoms with Gasteiger partial charge in [-0.25, -0.2) is 8.42 Å². The van der Waals surface area contributed by atoms with Crippen LogP contribution in [0.25, 0.3) is 0 Å². The summed E-state index contributed by atoms with van der Waals surface area (Å²) in [6, 6.07) is 8.43. The summed E-state index contributed by atoms with van der Waals surface area (Å²) in [5, 5.41) is 1.27. The Morgan fingerprint density at radius 3 is 2.21 bits per heavy atom. The van der Waals surface area contributed by atoms with Crippen LogP contribution >= 0.6 is 0 Å². The van der Waals surface area contributed by atoms with E-state index in [-0.39, 0.29) is 5.92 Å². The van der Waals surface area contributed by atoms with Crippen molar-refractivity contribution in [3.05, 3.63) is 41.8 Å². The van der Waals surface area contributed by atoms with Gasteiger partial charge in [-0.2, -0.15) is 0 Å². The van der Waals surface area contributed by atoms with Gasteiger partial charge in [-0.1, -0.05) is 38.1 Å². The SMILES string of the molecule is CC(C)/C=C/S(=O)(=O)c1ccccc1. The van der Waals surface area contributed by atoms with E-state index in [2.05, 4.69) is 0 Å². The van der Waals surface area contributed by atoms with Crippen molar-refractivity contribution in [2.45, 2.75) is 18.7 Å². The highest BCUT2D eigenvalue weighted by molar-refractivity contribution is 7.94. The standard InChI is InChI=1S/C11H14O2S/c1-10(2)8-9-14(12,13)11-6-4-3-5-7-11/h3-10H,1-2H3/b9-8+. The van der Waals surface area contributed by atoms with Crippen molar-refractivity contribution in [2.75, 3.05) is 0 Å². The van der Waals surface area contributed by atoms with Gasteiger partial charge in [-0.05, 0) is 18.1 Å². The molecule has 0 saturated carbocycles. The van der Waals surface area contributed by atoms with E-state index in [4.69, 9.17) is 0 Å². The Balaban J connectivity index is 2.99. The van der Waals surface area contributed by atoms with Crippen LogP contribution in [0.5, 0.6) is 0 Å². The molecule has 0 radical (unpaired) electrons. The van der Waals surface area contributed by atoms with Crippen LogP contribution < -0.4 is 0 Å². The molecular formula is C11H14O2S. The molecule has 2 nitrogen and oxygen atoms in total. The third-order valence-corrected chi connectivity index (χ3v) is 3.16. The fourth-order valence-corrected chi connectivity index (χ4v) is 2.16. The molecule has 0 fully saturated rings. The van der Waals surface area contributed by atoms with Crippen LogP contribution in [-0.2, 0) is 9.84 Å². The van der Waals surface area contributed by atoms with Crippen LogP contribution in [0.3, 0.4) is 0 Å². The third kappa shape index (κ3) is 3.00. The van der Waals surface area contributed by atoms with Crippen LogP contribution in [0, 0.1) is 5.92 Å². The topological polar surface area (TPSA) is 34.1 Å². The largest absolute Gasteiger partial charge is 0.219 e. The molecule has 0 heterocycles. The number of benzene rings is 1. The molecule has 0 spiro atoms. The molecule has 3 heteroatoms. The first-order valence-electron chi connectivity index (χ1n) is 4.51. The number of rotatable bonds is 3. The molecular weight excluding hydrogens is 196 g/mol. The Bertz CT molecular complexity index is 402. The van der Waals surface area contributed by atoms with E-state index in [1.165, 1.54) is 5.41 Å². The lowest BCUT2D eigenvalue weighted by molar-refractivity contribution is 0.604. The average Bonchev–Trinajstić information content (AvgIpc) is 2.16. The lowest BCUT2D eigenvalue weighted by atomic mass is 10.2. The van der Waals surface area contributed by atoms with E-state index in [1.54, 1.807) is 36.4 Å². The fraction of sp³-hybridized carbons (Fsp3) is 0.273. The normalized spacial score (nSPS) is 12.5. The first kappa shape index (κ1) is 11.0. The van der Waals surface area contributed by atoms with E-state index in [0.717, 1.165) is 0 Å². The van der Waals surface area contributed by atoms with Crippen molar-refractivity contribution in [3.63, 3.8) is 0 Å². The predicted molar refractivity (Wildman–Crippen MR) is 57.6 cm³/mol. The monoisotopic (exact) mass is 210 g/mol. The zero-order chi connectivity index (χ0) is 10.6. The second kappa shape index (κ2) is 4.42. The molecule has 14 heavy (non-hydrogen) atoms. The maximum absolute atomic E-state index is 11.6. The molecule has 0 atom stereocenters. The Labute approximate surface area is 85.2 Å². The molecule has 0 aromatic heterocycles. The quantitative estimate of drug-likeness (QED) is 0.768. The zero-order valence-electron chi connectivity index (χ0n) is 8.34. The van der Waals surface area contributed by atoms with E-state index in [1.807, 2.05) is 13.8 Å². The van der Waals surface area contributed by atoms with Gasteiger partial charge in [0.1, 0.15) is 0 Å². The maximum Gasteiger partial charge on any atom is 0.199 e. The van der Waals surface area contributed by atoms with Gasteiger partial charge < -0.3 is 0 Å². The molecule has 0 saturated heterocycles. The Morgan fingerprint density at radius 1 is 1.14 bits per heavy atom. The number of allylic oxidation sites excluding steroid dienone is 1. The van der Waals surface area contributed by atoms with Gasteiger partial charge >= 0.3 is 0 Å². The smallest absolute Gasteiger partial charge is 0.199 e. The average molecular weight is 210 g/mol. The van der Waals surface area contributed by atoms with Crippen molar-refractivity contribution in [2.24, 2.45) is 5.92 Å². The van der Waals surface area contributed by atoms with Crippen molar-refractivity contribution in [3.8, 4) is 0 Å². The maximum atomic E-state index is 11.6. The van der Waals surface area contributed by atoms with Gasteiger partial charge in [0, 0.05) is 5.41 Å². The molecule has 0 aliphatic heterocycles. The minimum absolute atomic E-state index is 0.244. The summed E-state index contributed by atoms with van der Waals surface area (Å²) in [6.07, 6.45) is 1.68. The van der Waals surface area contributed by atoms with E-state index in [9.17, 15) is 8.42 Å². The van der Waals surface area contributed by atoms with Crippen LogP contribution in [-0.4, -0.2) is 8.42 Å². The summed E-state index contributed by atoms with van der Waals surface area (Å²) in [7, 11) is -3.24. The molecule has 0 N–H and O–H groups in total. The van der Waals surface area contributed by atoms with E-state index >= 15 is 0 Å². The molecule has 0 amide bonds. The molecule has 0 aliphatic rings. The van der Waals surface area contributed by atoms with Crippen molar-refractivity contribution < 1.29 is 8.42 Å². The van der Waals surface area contributed by atoms with Crippen LogP contribution in [0.4, 0.5) is 0 Å². The number of hydrogen-bond donors (Lipinski definition) is 0. The Kier molecular flexibility index (Phi) is 3.47. The van der Waals surface area contributed by atoms with Crippen molar-refractivity contribution >= 4 is 9.84 Å². The second-order valence-electron chi connectivity index (χ2n) is 3.43. The second-order valence-corrected chi connectivity index (χ2v) is 5.26. The summed E-state index contributed by atoms with van der Waals surface area (Å²) in [5.74, 6) is 0.244. The van der Waals surface area contributed by atoms with Crippen molar-refractivity contribution in [1.82, 2.24) is 0 Å². The van der Waals surface area contributed by atoms with Gasteiger partial charge in [-0.15, -0.1) is 0 Å². The van der Waals surface area contributed by atoms with Gasteiger partial charge in [0.2, 0.25) is 0 Å². The summed E-state index contributed by atoms with van der Waals surface area (Å²) < 4.78 is 23.3. The predicted octanol–water partition coefficient (Wildman–Crippen LogP) is 2.63. The minimum atomic E-state index is -3.24. The molecule has 76 valence electrons. The van der Waals surface area contributed by atoms with Gasteiger partial charge in [0.15, 0.2) is 9.84 Å². The lowest BCUT2D eigenvalue weighted by Gasteiger charge is -1.98. The molecule has 0 aliphatic carbocycles. The highest BCUT2D eigenvalue weighted by Crippen LogP contribution is 2.12. The molecule has 0 unspecified atom stereocenters. The zero-order valence-corrected chi connectivity index (χ0v) is 9.16. The van der Waals surface area contributed by atoms with Gasteiger partial charge in [0.25, 0.3) is 0 Å². The van der Waals surface area contributed by atoms with Crippen molar-refractivity contribution in [1.29, 1.82) is 0 Å². The van der Waals surface area contributed by atoms with Gasteiger partial charge in [0.05, 0.1) is 4.90 Å². The number of sulfone groups is 1. The summed E-state index contributed by atoms with van der Waals surface area (Å²) in [6.45, 7) is 3.88. The first-order valence-corrected chi connectivity index (χ1v) is 6.05. The first-order chi connectivity index (χ1) is 6.52. The summed E-state index contributed by atoms with van der Waals surface area (Å²) >= 11 is 0. The molecule has 1 rings (SSSR count). The summed E-state index contributed by atoms with van der Waals surface area (Å²) in [4.78, 5) is 0.344. The van der Waals surface area contributed by atoms with Crippen LogP contribution in [0.1, 0.15) is 13.8 Å².